The molecule has 4 nitrogen and oxygen atoms in total. The zero-order valence-electron chi connectivity index (χ0n) is 15.0. The fraction of sp³-hybridized carbons (Fsp3) is 0.650. The average molecular weight is 381 g/mol. The minimum absolute atomic E-state index is 0.154. The number of benzene rings is 1. The molecule has 2 heterocycles. The number of halogens is 2. The van der Waals surface area contributed by atoms with Gasteiger partial charge in [0.25, 0.3) is 0 Å². The molecular weight excluding hydrogens is 355 g/mol. The van der Waals surface area contributed by atoms with Crippen LogP contribution >= 0.6 is 11.6 Å². The molecule has 3 aliphatic rings. The van der Waals surface area contributed by atoms with Crippen LogP contribution in [0.1, 0.15) is 37.7 Å². The number of nitrogens with zero attached hydrogens (tertiary/aromatic N) is 2. The molecule has 0 radical (unpaired) electrons. The highest BCUT2D eigenvalue weighted by molar-refractivity contribution is 6.31. The van der Waals surface area contributed by atoms with Crippen LogP contribution in [0.3, 0.4) is 0 Å². The molecular formula is C20H26ClFN2O2. The molecule has 0 aromatic heterocycles. The number of carboxylic acids is 1. The van der Waals surface area contributed by atoms with Crippen LogP contribution in [-0.2, 0) is 11.3 Å². The van der Waals surface area contributed by atoms with Crippen LogP contribution in [0.15, 0.2) is 18.2 Å². The summed E-state index contributed by atoms with van der Waals surface area (Å²) in [5, 5.41) is 10.4. The van der Waals surface area contributed by atoms with Crippen LogP contribution in [0.4, 0.5) is 4.39 Å². The van der Waals surface area contributed by atoms with E-state index in [1.165, 1.54) is 44.2 Å². The fourth-order valence-corrected chi connectivity index (χ4v) is 5.47. The van der Waals surface area contributed by atoms with E-state index in [1.54, 1.807) is 6.07 Å². The maximum Gasteiger partial charge on any atom is 0.312 e. The predicted molar refractivity (Wildman–Crippen MR) is 98.7 cm³/mol. The van der Waals surface area contributed by atoms with Gasteiger partial charge in [0.15, 0.2) is 0 Å². The summed E-state index contributed by atoms with van der Waals surface area (Å²) in [6, 6.07) is 5.00. The molecule has 1 aromatic carbocycles. The van der Waals surface area contributed by atoms with Crippen LogP contribution in [-0.4, -0.2) is 53.1 Å². The SMILES string of the molecule is O=C(O)[C@@]12CN(Cc3ccc(F)cc3Cl)C[C@@H]1CN(C1CCCCC1)C2. The van der Waals surface area contributed by atoms with Gasteiger partial charge in [-0.15, -0.1) is 0 Å². The number of likely N-dealkylation sites (tertiary alicyclic amines) is 2. The molecule has 0 spiro atoms. The van der Waals surface area contributed by atoms with E-state index in [1.807, 2.05) is 0 Å². The van der Waals surface area contributed by atoms with Crippen molar-refractivity contribution in [3.8, 4) is 0 Å². The molecule has 26 heavy (non-hydrogen) atoms. The van der Waals surface area contributed by atoms with Crippen molar-refractivity contribution in [2.75, 3.05) is 26.2 Å². The van der Waals surface area contributed by atoms with Gasteiger partial charge in [0.2, 0.25) is 0 Å². The summed E-state index contributed by atoms with van der Waals surface area (Å²) >= 11 is 6.16. The summed E-state index contributed by atoms with van der Waals surface area (Å²) in [6.45, 7) is 3.43. The van der Waals surface area contributed by atoms with Crippen molar-refractivity contribution >= 4 is 17.6 Å². The molecule has 1 saturated carbocycles. The molecule has 1 N–H and O–H groups in total. The molecule has 0 amide bonds. The standard InChI is InChI=1S/C20H26ClFN2O2/c21-18-8-16(22)7-6-14(18)9-23-10-15-11-24(17-4-2-1-3-5-17)13-20(15,12-23)19(25)26/h6-8,15,17H,1-5,9-13H2,(H,25,26)/t15-,20-/m1/s1. The number of fused-ring (bicyclic) bond motifs is 1. The van der Waals surface area contributed by atoms with E-state index in [9.17, 15) is 14.3 Å². The molecule has 2 saturated heterocycles. The Kier molecular flexibility index (Phi) is 4.97. The van der Waals surface area contributed by atoms with Gasteiger partial charge in [-0.1, -0.05) is 36.9 Å². The molecule has 1 aromatic rings. The lowest BCUT2D eigenvalue weighted by Gasteiger charge is -2.33. The second-order valence-electron chi connectivity index (χ2n) is 8.28. The Morgan fingerprint density at radius 2 is 2.00 bits per heavy atom. The van der Waals surface area contributed by atoms with E-state index >= 15 is 0 Å². The average Bonchev–Trinajstić information content (AvgIpc) is 3.13. The molecule has 1 aliphatic carbocycles. The summed E-state index contributed by atoms with van der Waals surface area (Å²) in [7, 11) is 0. The fourth-order valence-electron chi connectivity index (χ4n) is 5.25. The molecule has 142 valence electrons. The zero-order chi connectivity index (χ0) is 18.3. The third-order valence-electron chi connectivity index (χ3n) is 6.63. The van der Waals surface area contributed by atoms with Crippen molar-refractivity contribution in [2.24, 2.45) is 11.3 Å². The van der Waals surface area contributed by atoms with Gasteiger partial charge in [0.05, 0.1) is 5.41 Å². The predicted octanol–water partition coefficient (Wildman–Crippen LogP) is 3.63. The van der Waals surface area contributed by atoms with Crippen LogP contribution in [0, 0.1) is 17.2 Å². The highest BCUT2D eigenvalue weighted by atomic mass is 35.5. The Hall–Kier alpha value is -1.17. The Labute approximate surface area is 158 Å². The summed E-state index contributed by atoms with van der Waals surface area (Å²) in [5.41, 5.74) is 0.182. The van der Waals surface area contributed by atoms with Crippen molar-refractivity contribution in [3.05, 3.63) is 34.6 Å². The Bertz CT molecular complexity index is 694. The summed E-state index contributed by atoms with van der Waals surface area (Å²) < 4.78 is 13.3. The van der Waals surface area contributed by atoms with Crippen molar-refractivity contribution < 1.29 is 14.3 Å². The lowest BCUT2D eigenvalue weighted by molar-refractivity contribution is -0.149. The molecule has 2 aliphatic heterocycles. The van der Waals surface area contributed by atoms with Gasteiger partial charge in [-0.3, -0.25) is 14.6 Å². The van der Waals surface area contributed by atoms with Crippen molar-refractivity contribution in [1.29, 1.82) is 0 Å². The Morgan fingerprint density at radius 1 is 1.23 bits per heavy atom. The van der Waals surface area contributed by atoms with E-state index < -0.39 is 11.4 Å². The minimum atomic E-state index is -0.677. The van der Waals surface area contributed by atoms with Crippen LogP contribution in [0.2, 0.25) is 5.02 Å². The smallest absolute Gasteiger partial charge is 0.312 e. The molecule has 3 fully saturated rings. The first kappa shape index (κ1) is 18.2. The van der Waals surface area contributed by atoms with Gasteiger partial charge in [-0.2, -0.15) is 0 Å². The van der Waals surface area contributed by atoms with Crippen molar-refractivity contribution in [2.45, 2.75) is 44.7 Å². The lowest BCUT2D eigenvalue weighted by Crippen LogP contribution is -2.43. The number of carbonyl (C=O) groups is 1. The van der Waals surface area contributed by atoms with E-state index in [-0.39, 0.29) is 11.7 Å². The lowest BCUT2D eigenvalue weighted by atomic mass is 9.81. The molecule has 4 rings (SSSR count). The largest absolute Gasteiger partial charge is 0.481 e. The van der Waals surface area contributed by atoms with E-state index in [0.29, 0.717) is 30.7 Å². The highest BCUT2D eigenvalue weighted by Crippen LogP contribution is 2.45. The Balaban J connectivity index is 1.47. The molecule has 2 atom stereocenters. The Morgan fingerprint density at radius 3 is 2.65 bits per heavy atom. The number of aliphatic carboxylic acids is 1. The normalized spacial score (nSPS) is 30.6. The second-order valence-corrected chi connectivity index (χ2v) is 8.69. The second kappa shape index (κ2) is 7.10. The quantitative estimate of drug-likeness (QED) is 0.866. The zero-order valence-corrected chi connectivity index (χ0v) is 15.7. The number of rotatable bonds is 4. The van der Waals surface area contributed by atoms with Gasteiger partial charge >= 0.3 is 5.97 Å². The van der Waals surface area contributed by atoms with Crippen LogP contribution in [0.5, 0.6) is 0 Å². The third-order valence-corrected chi connectivity index (χ3v) is 6.98. The monoisotopic (exact) mass is 380 g/mol. The first-order valence-electron chi connectivity index (χ1n) is 9.62. The van der Waals surface area contributed by atoms with Crippen molar-refractivity contribution in [1.82, 2.24) is 9.80 Å². The minimum Gasteiger partial charge on any atom is -0.481 e. The van der Waals surface area contributed by atoms with Gasteiger partial charge in [0.1, 0.15) is 5.82 Å². The van der Waals surface area contributed by atoms with Gasteiger partial charge < -0.3 is 5.11 Å². The van der Waals surface area contributed by atoms with Gasteiger partial charge in [-0.25, -0.2) is 4.39 Å². The van der Waals surface area contributed by atoms with Gasteiger partial charge in [0, 0.05) is 49.7 Å². The van der Waals surface area contributed by atoms with Gasteiger partial charge in [-0.05, 0) is 30.5 Å². The third kappa shape index (κ3) is 3.25. The number of hydrogen-bond donors (Lipinski definition) is 1. The first-order chi connectivity index (χ1) is 12.5. The first-order valence-corrected chi connectivity index (χ1v) is 9.99. The van der Waals surface area contributed by atoms with E-state index in [2.05, 4.69) is 9.80 Å². The summed E-state index contributed by atoms with van der Waals surface area (Å²) in [5.74, 6) is -0.864. The summed E-state index contributed by atoms with van der Waals surface area (Å²) in [6.07, 6.45) is 6.25. The maximum absolute atomic E-state index is 13.3. The topological polar surface area (TPSA) is 43.8 Å². The molecule has 6 heteroatoms. The van der Waals surface area contributed by atoms with Crippen LogP contribution < -0.4 is 0 Å². The summed E-state index contributed by atoms with van der Waals surface area (Å²) in [4.78, 5) is 16.8. The van der Waals surface area contributed by atoms with E-state index in [4.69, 9.17) is 11.6 Å². The van der Waals surface area contributed by atoms with E-state index in [0.717, 1.165) is 18.7 Å². The van der Waals surface area contributed by atoms with Crippen molar-refractivity contribution in [3.63, 3.8) is 0 Å². The van der Waals surface area contributed by atoms with Crippen LogP contribution in [0.25, 0.3) is 0 Å². The molecule has 0 unspecified atom stereocenters. The molecule has 0 bridgehead atoms. The highest BCUT2D eigenvalue weighted by Gasteiger charge is 2.58. The maximum atomic E-state index is 13.3. The number of hydrogen-bond acceptors (Lipinski definition) is 3. The number of carboxylic acid groups (broad SMARTS) is 1.